The molecule has 0 aromatic heterocycles. The molecule has 24 heavy (non-hydrogen) atoms. The van der Waals surface area contributed by atoms with Crippen molar-refractivity contribution in [1.29, 1.82) is 0 Å². The second-order valence-corrected chi connectivity index (χ2v) is 9.66. The Morgan fingerprint density at radius 2 is 2.00 bits per heavy atom. The van der Waals surface area contributed by atoms with E-state index in [2.05, 4.69) is 20.3 Å². The fourth-order valence-electron chi connectivity index (χ4n) is 2.69. The molecular formula is C14H31IN4O3S2. The van der Waals surface area contributed by atoms with E-state index in [1.807, 2.05) is 6.92 Å². The molecule has 0 aliphatic heterocycles. The number of hydrogen-bond acceptors (Lipinski definition) is 4. The van der Waals surface area contributed by atoms with Crippen LogP contribution in [0.25, 0.3) is 0 Å². The van der Waals surface area contributed by atoms with E-state index in [0.29, 0.717) is 25.6 Å². The Morgan fingerprint density at radius 3 is 2.58 bits per heavy atom. The van der Waals surface area contributed by atoms with Gasteiger partial charge in [0.15, 0.2) is 5.96 Å². The van der Waals surface area contributed by atoms with Crippen LogP contribution in [0.5, 0.6) is 0 Å². The third-order valence-corrected chi connectivity index (χ3v) is 6.33. The number of halogens is 1. The molecule has 1 aliphatic rings. The Morgan fingerprint density at radius 1 is 1.29 bits per heavy atom. The summed E-state index contributed by atoms with van der Waals surface area (Å²) in [6.07, 6.45) is 5.94. The molecule has 1 aliphatic carbocycles. The smallest absolute Gasteiger partial charge is 0.208 e. The highest BCUT2D eigenvalue weighted by Crippen LogP contribution is 2.22. The van der Waals surface area contributed by atoms with Crippen molar-refractivity contribution < 1.29 is 12.6 Å². The van der Waals surface area contributed by atoms with Crippen molar-refractivity contribution in [2.45, 2.75) is 50.3 Å². The van der Waals surface area contributed by atoms with Crippen LogP contribution in [0.15, 0.2) is 4.99 Å². The van der Waals surface area contributed by atoms with E-state index in [1.165, 1.54) is 0 Å². The van der Waals surface area contributed by atoms with Gasteiger partial charge in [-0.3, -0.25) is 9.20 Å². The van der Waals surface area contributed by atoms with E-state index >= 15 is 0 Å². The van der Waals surface area contributed by atoms with Crippen LogP contribution < -0.4 is 15.4 Å². The Balaban J connectivity index is 0.00000529. The van der Waals surface area contributed by atoms with Gasteiger partial charge >= 0.3 is 0 Å². The maximum atomic E-state index is 12.0. The van der Waals surface area contributed by atoms with Crippen LogP contribution in [0.2, 0.25) is 0 Å². The standard InChI is InChI=1S/C14H30N4O3S2.HI/c1-4-22(19)13-8-5-7-12(11-13)18-14(15-2)16-9-6-10-17-23(3,20)21;/h12-13,17H,4-11H2,1-3H3,(H2,15,16,18);1H. The lowest BCUT2D eigenvalue weighted by atomic mass is 9.95. The molecule has 0 heterocycles. The van der Waals surface area contributed by atoms with Gasteiger partial charge in [0.05, 0.1) is 6.26 Å². The minimum Gasteiger partial charge on any atom is -0.356 e. The summed E-state index contributed by atoms with van der Waals surface area (Å²) < 4.78 is 36.4. The average Bonchev–Trinajstić information content (AvgIpc) is 2.51. The summed E-state index contributed by atoms with van der Waals surface area (Å²) in [7, 11) is -2.14. The summed E-state index contributed by atoms with van der Waals surface area (Å²) in [6, 6.07) is 0.296. The molecule has 3 unspecified atom stereocenters. The predicted octanol–water partition coefficient (Wildman–Crippen LogP) is 0.789. The van der Waals surface area contributed by atoms with Crippen molar-refractivity contribution in [2.24, 2.45) is 4.99 Å². The van der Waals surface area contributed by atoms with E-state index in [-0.39, 0.29) is 29.2 Å². The highest BCUT2D eigenvalue weighted by atomic mass is 127. The number of guanidine groups is 1. The van der Waals surface area contributed by atoms with Crippen LogP contribution in [-0.4, -0.2) is 62.0 Å². The van der Waals surface area contributed by atoms with Crippen molar-refractivity contribution in [3.05, 3.63) is 0 Å². The summed E-state index contributed by atoms with van der Waals surface area (Å²) in [4.78, 5) is 4.20. The van der Waals surface area contributed by atoms with Gasteiger partial charge in [-0.25, -0.2) is 13.1 Å². The number of nitrogens with zero attached hydrogens (tertiary/aromatic N) is 1. The first kappa shape index (κ1) is 24.1. The lowest BCUT2D eigenvalue weighted by Gasteiger charge is -2.30. The van der Waals surface area contributed by atoms with E-state index < -0.39 is 20.8 Å². The number of aliphatic imine (C=N–C) groups is 1. The number of hydrogen-bond donors (Lipinski definition) is 3. The van der Waals surface area contributed by atoms with Crippen molar-refractivity contribution in [3.8, 4) is 0 Å². The molecule has 0 saturated heterocycles. The minimum atomic E-state index is -3.12. The van der Waals surface area contributed by atoms with Gasteiger partial charge in [-0.15, -0.1) is 24.0 Å². The molecule has 0 radical (unpaired) electrons. The van der Waals surface area contributed by atoms with E-state index in [4.69, 9.17) is 0 Å². The lowest BCUT2D eigenvalue weighted by molar-refractivity contribution is 0.413. The highest BCUT2D eigenvalue weighted by Gasteiger charge is 2.25. The lowest BCUT2D eigenvalue weighted by Crippen LogP contribution is -2.47. The maximum absolute atomic E-state index is 12.0. The van der Waals surface area contributed by atoms with Crippen LogP contribution in [0.4, 0.5) is 0 Å². The van der Waals surface area contributed by atoms with Gasteiger partial charge in [0.2, 0.25) is 10.0 Å². The fourth-order valence-corrected chi connectivity index (χ4v) is 4.55. The molecule has 3 N–H and O–H groups in total. The largest absolute Gasteiger partial charge is 0.356 e. The number of sulfonamides is 1. The Kier molecular flexibility index (Phi) is 12.5. The molecule has 1 saturated carbocycles. The van der Waals surface area contributed by atoms with Gasteiger partial charge in [-0.1, -0.05) is 13.3 Å². The molecule has 0 aromatic carbocycles. The highest BCUT2D eigenvalue weighted by molar-refractivity contribution is 14.0. The Bertz CT molecular complexity index is 514. The van der Waals surface area contributed by atoms with Crippen LogP contribution in [0.1, 0.15) is 39.0 Å². The normalized spacial score (nSPS) is 23.2. The van der Waals surface area contributed by atoms with Crippen molar-refractivity contribution in [2.75, 3.05) is 32.1 Å². The van der Waals surface area contributed by atoms with E-state index in [9.17, 15) is 12.6 Å². The zero-order chi connectivity index (χ0) is 17.3. The first-order valence-electron chi connectivity index (χ1n) is 8.14. The second kappa shape index (κ2) is 12.4. The third kappa shape index (κ3) is 10.1. The molecule has 1 fully saturated rings. The average molecular weight is 494 g/mol. The number of rotatable bonds is 8. The molecule has 0 spiro atoms. The van der Waals surface area contributed by atoms with E-state index in [1.54, 1.807) is 7.05 Å². The zero-order valence-electron chi connectivity index (χ0n) is 14.7. The summed E-state index contributed by atoms with van der Waals surface area (Å²) >= 11 is 0. The van der Waals surface area contributed by atoms with Crippen molar-refractivity contribution in [3.63, 3.8) is 0 Å². The van der Waals surface area contributed by atoms with Crippen molar-refractivity contribution in [1.82, 2.24) is 15.4 Å². The Hall–Kier alpha value is 0.0600. The molecule has 0 amide bonds. The minimum absolute atomic E-state index is 0. The van der Waals surface area contributed by atoms with Gasteiger partial charge in [0.1, 0.15) is 0 Å². The van der Waals surface area contributed by atoms with Gasteiger partial charge < -0.3 is 10.6 Å². The fraction of sp³-hybridized carbons (Fsp3) is 0.929. The number of nitrogens with one attached hydrogen (secondary N) is 3. The molecular weight excluding hydrogens is 463 g/mol. The van der Waals surface area contributed by atoms with Crippen molar-refractivity contribution >= 4 is 50.8 Å². The molecule has 3 atom stereocenters. The summed E-state index contributed by atoms with van der Waals surface area (Å²) in [6.45, 7) is 3.02. The van der Waals surface area contributed by atoms with Crippen LogP contribution in [-0.2, 0) is 20.8 Å². The molecule has 1 rings (SSSR count). The van der Waals surface area contributed by atoms with Gasteiger partial charge in [0.25, 0.3) is 0 Å². The van der Waals surface area contributed by atoms with Gasteiger partial charge in [-0.2, -0.15) is 0 Å². The van der Waals surface area contributed by atoms with Crippen LogP contribution >= 0.6 is 24.0 Å². The maximum Gasteiger partial charge on any atom is 0.208 e. The van der Waals surface area contributed by atoms with E-state index in [0.717, 1.165) is 43.7 Å². The van der Waals surface area contributed by atoms with Crippen LogP contribution in [0, 0.1) is 0 Å². The molecule has 0 aromatic rings. The third-order valence-electron chi connectivity index (χ3n) is 3.86. The van der Waals surface area contributed by atoms with Gasteiger partial charge in [-0.05, 0) is 25.7 Å². The summed E-state index contributed by atoms with van der Waals surface area (Å²) in [5.74, 6) is 1.44. The quantitative estimate of drug-likeness (QED) is 0.201. The van der Waals surface area contributed by atoms with Crippen LogP contribution in [0.3, 0.4) is 0 Å². The predicted molar refractivity (Wildman–Crippen MR) is 112 cm³/mol. The molecule has 0 bridgehead atoms. The van der Waals surface area contributed by atoms with Gasteiger partial charge in [0, 0.05) is 48.0 Å². The Labute approximate surface area is 165 Å². The molecule has 144 valence electrons. The first-order chi connectivity index (χ1) is 10.9. The molecule has 7 nitrogen and oxygen atoms in total. The first-order valence-corrected chi connectivity index (χ1v) is 11.4. The molecule has 10 heteroatoms. The SMILES string of the molecule is CCS(=O)C1CCCC(NC(=NC)NCCCNS(C)(=O)=O)C1.I. The summed E-state index contributed by atoms with van der Waals surface area (Å²) in [5.41, 5.74) is 0. The zero-order valence-corrected chi connectivity index (χ0v) is 18.7. The second-order valence-electron chi connectivity index (χ2n) is 5.82. The summed E-state index contributed by atoms with van der Waals surface area (Å²) in [5, 5.41) is 6.86. The topological polar surface area (TPSA) is 99.7 Å². The monoisotopic (exact) mass is 494 g/mol.